The topological polar surface area (TPSA) is 126 Å². The van der Waals surface area contributed by atoms with E-state index < -0.39 is 17.7 Å². The van der Waals surface area contributed by atoms with Crippen LogP contribution in [0.3, 0.4) is 0 Å². The number of halogens is 1. The van der Waals surface area contributed by atoms with Crippen molar-refractivity contribution < 1.29 is 28.6 Å². The number of nitriles is 2. The monoisotopic (exact) mass is 620 g/mol. The smallest absolute Gasteiger partial charge is 0.348 e. The molecule has 0 saturated carbocycles. The molecule has 0 saturated heterocycles. The van der Waals surface area contributed by atoms with Crippen LogP contribution in [0, 0.1) is 29.6 Å². The van der Waals surface area contributed by atoms with Gasteiger partial charge in [0.25, 0.3) is 0 Å². The third kappa shape index (κ3) is 7.23. The van der Waals surface area contributed by atoms with Crippen molar-refractivity contribution in [1.29, 1.82) is 10.5 Å². The molecule has 3 rings (SSSR count). The van der Waals surface area contributed by atoms with E-state index in [0.717, 1.165) is 16.9 Å². The van der Waals surface area contributed by atoms with Crippen molar-refractivity contribution in [2.24, 2.45) is 0 Å². The molecule has 0 spiro atoms. The second kappa shape index (κ2) is 14.2. The van der Waals surface area contributed by atoms with E-state index in [0.29, 0.717) is 31.8 Å². The highest BCUT2D eigenvalue weighted by Crippen LogP contribution is 2.32. The minimum Gasteiger partial charge on any atom is -0.488 e. The summed E-state index contributed by atoms with van der Waals surface area (Å²) >= 11 is 4.44. The number of benzene rings is 2. The predicted octanol–water partition coefficient (Wildman–Crippen LogP) is 6.34. The molecule has 0 aliphatic rings. The molecule has 0 N–H and O–H groups in total. The summed E-state index contributed by atoms with van der Waals surface area (Å²) in [4.78, 5) is 38.8. The lowest BCUT2D eigenvalue weighted by Gasteiger charge is -2.10. The Morgan fingerprint density at radius 1 is 1.02 bits per heavy atom. The summed E-state index contributed by atoms with van der Waals surface area (Å²) < 4.78 is 16.7. The molecule has 10 heteroatoms. The lowest BCUT2D eigenvalue weighted by atomic mass is 10.0. The van der Waals surface area contributed by atoms with Crippen molar-refractivity contribution in [1.82, 2.24) is 0 Å². The predicted molar refractivity (Wildman–Crippen MR) is 153 cm³/mol. The summed E-state index contributed by atoms with van der Waals surface area (Å²) in [6, 6.07) is 16.3. The van der Waals surface area contributed by atoms with Crippen molar-refractivity contribution in [3.05, 3.63) is 90.1 Å². The number of carbonyl (C=O) groups excluding carboxylic acids is 3. The average molecular weight is 622 g/mol. The van der Waals surface area contributed by atoms with Crippen LogP contribution < -0.4 is 4.74 Å². The zero-order valence-electron chi connectivity index (χ0n) is 22.1. The first-order chi connectivity index (χ1) is 19.2. The molecule has 1 heterocycles. The van der Waals surface area contributed by atoms with Crippen LogP contribution in [0.2, 0.25) is 0 Å². The van der Waals surface area contributed by atoms with Crippen LogP contribution in [-0.4, -0.2) is 30.9 Å². The minimum atomic E-state index is -0.644. The van der Waals surface area contributed by atoms with Gasteiger partial charge < -0.3 is 14.2 Å². The number of ketones is 1. The van der Waals surface area contributed by atoms with Gasteiger partial charge in [0.15, 0.2) is 5.78 Å². The van der Waals surface area contributed by atoms with E-state index in [1.807, 2.05) is 18.2 Å². The zero-order valence-corrected chi connectivity index (χ0v) is 24.5. The van der Waals surface area contributed by atoms with E-state index in [4.69, 9.17) is 14.2 Å². The minimum absolute atomic E-state index is 0.123. The Balaban J connectivity index is 1.83. The fraction of sp³-hybridized carbons (Fsp3) is 0.233. The Morgan fingerprint density at radius 2 is 1.73 bits per heavy atom. The summed E-state index contributed by atoms with van der Waals surface area (Å²) in [5, 5.41) is 19.0. The molecule has 0 bridgehead atoms. The Kier molecular flexibility index (Phi) is 10.8. The van der Waals surface area contributed by atoms with Crippen molar-refractivity contribution in [3.8, 4) is 17.9 Å². The van der Waals surface area contributed by atoms with Crippen LogP contribution in [0.5, 0.6) is 5.75 Å². The molecule has 40 heavy (non-hydrogen) atoms. The fourth-order valence-electron chi connectivity index (χ4n) is 3.78. The van der Waals surface area contributed by atoms with Gasteiger partial charge in [-0.2, -0.15) is 10.5 Å². The number of esters is 2. The molecular formula is C30H25BrN2O6S. The third-order valence-corrected chi connectivity index (χ3v) is 7.58. The Morgan fingerprint density at radius 3 is 2.38 bits per heavy atom. The van der Waals surface area contributed by atoms with E-state index in [-0.39, 0.29) is 42.3 Å². The molecular weight excluding hydrogens is 596 g/mol. The Labute approximate surface area is 244 Å². The van der Waals surface area contributed by atoms with Crippen LogP contribution in [-0.2, 0) is 27.3 Å². The molecule has 3 aromatic rings. The Bertz CT molecular complexity index is 1560. The van der Waals surface area contributed by atoms with Gasteiger partial charge in [-0.05, 0) is 72.1 Å². The van der Waals surface area contributed by atoms with Crippen LogP contribution >= 0.6 is 27.3 Å². The molecule has 2 aromatic carbocycles. The molecule has 0 atom stereocenters. The number of ether oxygens (including phenoxy) is 3. The summed E-state index contributed by atoms with van der Waals surface area (Å²) in [5.74, 6) is -1.23. The van der Waals surface area contributed by atoms with E-state index in [2.05, 4.69) is 22.0 Å². The number of hydrogen-bond acceptors (Lipinski definition) is 9. The van der Waals surface area contributed by atoms with Crippen LogP contribution in [0.1, 0.15) is 61.0 Å². The molecule has 0 aliphatic heterocycles. The van der Waals surface area contributed by atoms with Crippen molar-refractivity contribution in [2.45, 2.75) is 33.8 Å². The van der Waals surface area contributed by atoms with Gasteiger partial charge in [-0.1, -0.05) is 24.3 Å². The molecule has 0 radical (unpaired) electrons. The number of rotatable bonds is 11. The first-order valence-electron chi connectivity index (χ1n) is 12.3. The molecule has 0 unspecified atom stereocenters. The van der Waals surface area contributed by atoms with Gasteiger partial charge in [0.2, 0.25) is 0 Å². The van der Waals surface area contributed by atoms with Crippen LogP contribution in [0.25, 0.3) is 6.08 Å². The number of hydrogen-bond donors (Lipinski definition) is 0. The van der Waals surface area contributed by atoms with Crippen LogP contribution in [0.15, 0.2) is 52.5 Å². The molecule has 204 valence electrons. The molecule has 0 aliphatic carbocycles. The Hall–Kier alpha value is -4.25. The highest BCUT2D eigenvalue weighted by Gasteiger charge is 2.28. The number of Topliss-reactive ketones (excluding diaryl/α,β-unsaturated/α-hetero) is 1. The highest BCUT2D eigenvalue weighted by molar-refractivity contribution is 9.10. The zero-order chi connectivity index (χ0) is 29.2. The van der Waals surface area contributed by atoms with Gasteiger partial charge in [-0.25, -0.2) is 9.59 Å². The maximum Gasteiger partial charge on any atom is 0.348 e. The van der Waals surface area contributed by atoms with Gasteiger partial charge in [-0.3, -0.25) is 4.79 Å². The standard InChI is InChI=1S/C30H25BrN2O6S/c1-4-37-29(35)27-18(3)28(30(36)38-5-2)40-26(27)14-24(34)22(16-33)12-19-10-11-25(23(31)13-19)39-17-21-9-7-6-8-20(21)15-32/h6-13H,4-5,14,17H2,1-3H3. The van der Waals surface area contributed by atoms with Gasteiger partial charge in [-0.15, -0.1) is 11.3 Å². The van der Waals surface area contributed by atoms with E-state index in [9.17, 15) is 24.9 Å². The average Bonchev–Trinajstić information content (AvgIpc) is 3.26. The first-order valence-corrected chi connectivity index (χ1v) is 13.9. The quantitative estimate of drug-likeness (QED) is 0.138. The van der Waals surface area contributed by atoms with Gasteiger partial charge in [0.1, 0.15) is 23.3 Å². The number of nitrogens with zero attached hydrogens (tertiary/aromatic N) is 2. The largest absolute Gasteiger partial charge is 0.488 e. The van der Waals surface area contributed by atoms with Gasteiger partial charge in [0, 0.05) is 16.9 Å². The van der Waals surface area contributed by atoms with Crippen LogP contribution in [0.4, 0.5) is 0 Å². The van der Waals surface area contributed by atoms with Gasteiger partial charge >= 0.3 is 11.9 Å². The molecule has 0 fully saturated rings. The van der Waals surface area contributed by atoms with Crippen molar-refractivity contribution >= 4 is 51.1 Å². The van der Waals surface area contributed by atoms with Crippen molar-refractivity contribution in [2.75, 3.05) is 13.2 Å². The lowest BCUT2D eigenvalue weighted by Crippen LogP contribution is -2.12. The van der Waals surface area contributed by atoms with E-state index in [1.165, 1.54) is 6.08 Å². The SMILES string of the molecule is CCOC(=O)c1sc(CC(=O)C(C#N)=Cc2ccc(OCc3ccccc3C#N)c(Br)c2)c(C(=O)OCC)c1C. The third-order valence-electron chi connectivity index (χ3n) is 5.69. The number of allylic oxidation sites excluding steroid dienone is 1. The summed E-state index contributed by atoms with van der Waals surface area (Å²) in [6.45, 7) is 5.41. The molecule has 1 aromatic heterocycles. The normalized spacial score (nSPS) is 10.8. The second-order valence-electron chi connectivity index (χ2n) is 8.31. The highest BCUT2D eigenvalue weighted by atomic mass is 79.9. The summed E-state index contributed by atoms with van der Waals surface area (Å²) in [5.41, 5.74) is 2.24. The van der Waals surface area contributed by atoms with Gasteiger partial charge in [0.05, 0.1) is 40.5 Å². The first kappa shape index (κ1) is 30.3. The molecule has 8 nitrogen and oxygen atoms in total. The summed E-state index contributed by atoms with van der Waals surface area (Å²) in [6.07, 6.45) is 1.18. The lowest BCUT2D eigenvalue weighted by molar-refractivity contribution is -0.114. The fourth-order valence-corrected chi connectivity index (χ4v) is 5.47. The summed E-state index contributed by atoms with van der Waals surface area (Å²) in [7, 11) is 0. The van der Waals surface area contributed by atoms with Crippen molar-refractivity contribution in [3.63, 3.8) is 0 Å². The number of carbonyl (C=O) groups is 3. The maximum atomic E-state index is 13.2. The van der Waals surface area contributed by atoms with E-state index >= 15 is 0 Å². The molecule has 0 amide bonds. The second-order valence-corrected chi connectivity index (χ2v) is 10.3. The number of thiophene rings is 1. The maximum absolute atomic E-state index is 13.2. The van der Waals surface area contributed by atoms with E-state index in [1.54, 1.807) is 51.1 Å².